The molecule has 0 aromatic carbocycles. The molecule has 0 aliphatic carbocycles. The summed E-state index contributed by atoms with van der Waals surface area (Å²) in [6, 6.07) is 0. The van der Waals surface area contributed by atoms with E-state index in [2.05, 4.69) is 37.9 Å². The molecule has 2 nitrogen and oxygen atoms in total. The minimum absolute atomic E-state index is 0.338. The van der Waals surface area contributed by atoms with Crippen LogP contribution in [0.1, 0.15) is 33.6 Å². The number of allylic oxidation sites excluding steroid dienone is 1. The standard InChI is InChI=1S/C9H16N2/c1-7-5-8(11-10-7)6-9(2,3)4/h10H,1,5-6H2,2-4H3. The van der Waals surface area contributed by atoms with Crippen molar-refractivity contribution in [2.75, 3.05) is 0 Å². The summed E-state index contributed by atoms with van der Waals surface area (Å²) in [7, 11) is 0. The van der Waals surface area contributed by atoms with Crippen molar-refractivity contribution in [3.05, 3.63) is 12.3 Å². The van der Waals surface area contributed by atoms with Crippen molar-refractivity contribution in [2.45, 2.75) is 33.6 Å². The maximum atomic E-state index is 4.17. The maximum Gasteiger partial charge on any atom is 0.0446 e. The summed E-state index contributed by atoms with van der Waals surface area (Å²) in [6.45, 7) is 10.5. The number of rotatable bonds is 1. The lowest BCUT2D eigenvalue weighted by atomic mass is 9.89. The largest absolute Gasteiger partial charge is 0.283 e. The van der Waals surface area contributed by atoms with Gasteiger partial charge in [-0.05, 0) is 11.8 Å². The lowest BCUT2D eigenvalue weighted by Crippen LogP contribution is -2.11. The van der Waals surface area contributed by atoms with Crippen LogP contribution in [0.3, 0.4) is 0 Å². The molecule has 0 aromatic rings. The highest BCUT2D eigenvalue weighted by atomic mass is 15.3. The Morgan fingerprint density at radius 1 is 1.55 bits per heavy atom. The fourth-order valence-corrected chi connectivity index (χ4v) is 1.20. The molecule has 1 aliphatic heterocycles. The molecule has 0 spiro atoms. The average molecular weight is 152 g/mol. The first-order chi connectivity index (χ1) is 4.97. The van der Waals surface area contributed by atoms with Crippen LogP contribution in [0, 0.1) is 5.41 Å². The van der Waals surface area contributed by atoms with E-state index in [9.17, 15) is 0 Å². The Bertz CT molecular complexity index is 196. The second-order valence-corrected chi connectivity index (χ2v) is 4.31. The van der Waals surface area contributed by atoms with Crippen LogP contribution in [0.5, 0.6) is 0 Å². The van der Waals surface area contributed by atoms with E-state index in [4.69, 9.17) is 0 Å². The third-order valence-electron chi connectivity index (χ3n) is 1.52. The Kier molecular flexibility index (Phi) is 2.03. The summed E-state index contributed by atoms with van der Waals surface area (Å²) in [4.78, 5) is 0. The zero-order valence-corrected chi connectivity index (χ0v) is 7.57. The van der Waals surface area contributed by atoms with Crippen molar-refractivity contribution < 1.29 is 0 Å². The van der Waals surface area contributed by atoms with E-state index in [1.807, 2.05) is 0 Å². The molecule has 0 radical (unpaired) electrons. The summed E-state index contributed by atoms with van der Waals surface area (Å²) in [5, 5.41) is 4.17. The molecule has 1 aliphatic rings. The van der Waals surface area contributed by atoms with Gasteiger partial charge in [0.15, 0.2) is 0 Å². The Balaban J connectivity index is 2.46. The molecule has 62 valence electrons. The van der Waals surface area contributed by atoms with Gasteiger partial charge >= 0.3 is 0 Å². The summed E-state index contributed by atoms with van der Waals surface area (Å²) in [5.41, 5.74) is 5.47. The molecule has 1 heterocycles. The van der Waals surface area contributed by atoms with Gasteiger partial charge in [-0.1, -0.05) is 27.4 Å². The van der Waals surface area contributed by atoms with Gasteiger partial charge in [-0.3, -0.25) is 5.43 Å². The van der Waals surface area contributed by atoms with Gasteiger partial charge in [-0.25, -0.2) is 0 Å². The first kappa shape index (κ1) is 8.31. The molecule has 0 amide bonds. The van der Waals surface area contributed by atoms with Crippen molar-refractivity contribution in [3.8, 4) is 0 Å². The van der Waals surface area contributed by atoms with Crippen LogP contribution in [0.2, 0.25) is 0 Å². The lowest BCUT2D eigenvalue weighted by molar-refractivity contribution is 0.432. The van der Waals surface area contributed by atoms with Gasteiger partial charge in [0, 0.05) is 17.8 Å². The summed E-state index contributed by atoms with van der Waals surface area (Å²) >= 11 is 0. The van der Waals surface area contributed by atoms with Crippen LogP contribution in [-0.4, -0.2) is 5.71 Å². The number of hydrazone groups is 1. The number of nitrogens with zero attached hydrogens (tertiary/aromatic N) is 1. The fraction of sp³-hybridized carbons (Fsp3) is 0.667. The van der Waals surface area contributed by atoms with Crippen molar-refractivity contribution in [2.24, 2.45) is 10.5 Å². The quantitative estimate of drug-likeness (QED) is 0.612. The van der Waals surface area contributed by atoms with Crippen molar-refractivity contribution in [3.63, 3.8) is 0 Å². The Morgan fingerprint density at radius 3 is 2.55 bits per heavy atom. The summed E-state index contributed by atoms with van der Waals surface area (Å²) < 4.78 is 0. The zero-order valence-electron chi connectivity index (χ0n) is 7.57. The molecule has 0 saturated heterocycles. The van der Waals surface area contributed by atoms with E-state index in [0.717, 1.165) is 18.5 Å². The number of hydrogen-bond acceptors (Lipinski definition) is 2. The van der Waals surface area contributed by atoms with Gasteiger partial charge in [-0.2, -0.15) is 5.10 Å². The van der Waals surface area contributed by atoms with Crippen molar-refractivity contribution >= 4 is 5.71 Å². The SMILES string of the molecule is C=C1CC(CC(C)(C)C)=NN1. The Labute approximate surface area is 68.4 Å². The molecule has 0 saturated carbocycles. The lowest BCUT2D eigenvalue weighted by Gasteiger charge is -2.16. The number of nitrogens with one attached hydrogen (secondary N) is 1. The van der Waals surface area contributed by atoms with E-state index in [-0.39, 0.29) is 0 Å². The first-order valence-corrected chi connectivity index (χ1v) is 3.96. The predicted octanol–water partition coefficient (Wildman–Crippen LogP) is 2.29. The van der Waals surface area contributed by atoms with Gasteiger partial charge in [0.1, 0.15) is 0 Å². The van der Waals surface area contributed by atoms with Crippen LogP contribution in [0.15, 0.2) is 17.4 Å². The van der Waals surface area contributed by atoms with Gasteiger partial charge in [0.2, 0.25) is 0 Å². The van der Waals surface area contributed by atoms with Crippen LogP contribution < -0.4 is 5.43 Å². The molecule has 2 heteroatoms. The molecule has 11 heavy (non-hydrogen) atoms. The summed E-state index contributed by atoms with van der Waals surface area (Å²) in [6.07, 6.45) is 1.98. The number of hydrogen-bond donors (Lipinski definition) is 1. The molecule has 1 N–H and O–H groups in total. The van der Waals surface area contributed by atoms with Crippen LogP contribution in [0.25, 0.3) is 0 Å². The minimum Gasteiger partial charge on any atom is -0.283 e. The second kappa shape index (κ2) is 2.68. The van der Waals surface area contributed by atoms with E-state index >= 15 is 0 Å². The predicted molar refractivity (Wildman–Crippen MR) is 48.4 cm³/mol. The minimum atomic E-state index is 0.338. The smallest absolute Gasteiger partial charge is 0.0446 e. The Morgan fingerprint density at radius 2 is 2.18 bits per heavy atom. The molecule has 0 atom stereocenters. The molecule has 1 rings (SSSR count). The molecule has 0 aromatic heterocycles. The molecular weight excluding hydrogens is 136 g/mol. The van der Waals surface area contributed by atoms with Crippen molar-refractivity contribution in [1.82, 2.24) is 5.43 Å². The molecule has 0 fully saturated rings. The summed E-state index contributed by atoms with van der Waals surface area (Å²) in [5.74, 6) is 0. The van der Waals surface area contributed by atoms with E-state index < -0.39 is 0 Å². The van der Waals surface area contributed by atoms with Gasteiger partial charge < -0.3 is 0 Å². The molecular formula is C9H16N2. The average Bonchev–Trinajstić information content (AvgIpc) is 2.10. The zero-order chi connectivity index (χ0) is 8.48. The highest BCUT2D eigenvalue weighted by Crippen LogP contribution is 2.22. The third kappa shape index (κ3) is 2.74. The van der Waals surface area contributed by atoms with Crippen LogP contribution >= 0.6 is 0 Å². The van der Waals surface area contributed by atoms with E-state index in [1.165, 1.54) is 5.71 Å². The maximum absolute atomic E-state index is 4.17. The molecule has 0 unspecified atom stereocenters. The van der Waals surface area contributed by atoms with Gasteiger partial charge in [0.05, 0.1) is 0 Å². The first-order valence-electron chi connectivity index (χ1n) is 3.96. The van der Waals surface area contributed by atoms with Gasteiger partial charge in [-0.15, -0.1) is 0 Å². The van der Waals surface area contributed by atoms with E-state index in [0.29, 0.717) is 5.41 Å². The fourth-order valence-electron chi connectivity index (χ4n) is 1.20. The van der Waals surface area contributed by atoms with Crippen LogP contribution in [-0.2, 0) is 0 Å². The van der Waals surface area contributed by atoms with E-state index in [1.54, 1.807) is 0 Å². The highest BCUT2D eigenvalue weighted by Gasteiger charge is 2.17. The molecule has 0 bridgehead atoms. The van der Waals surface area contributed by atoms with Crippen LogP contribution in [0.4, 0.5) is 0 Å². The second-order valence-electron chi connectivity index (χ2n) is 4.31. The normalized spacial score (nSPS) is 18.1. The Hall–Kier alpha value is -0.790. The highest BCUT2D eigenvalue weighted by molar-refractivity contribution is 5.88. The monoisotopic (exact) mass is 152 g/mol. The topological polar surface area (TPSA) is 24.4 Å². The third-order valence-corrected chi connectivity index (χ3v) is 1.52. The van der Waals surface area contributed by atoms with Gasteiger partial charge in [0.25, 0.3) is 0 Å². The van der Waals surface area contributed by atoms with Crippen molar-refractivity contribution in [1.29, 1.82) is 0 Å².